The number of nitrogens with one attached hydrogen (secondary N) is 1. The number of urea groups is 1. The van der Waals surface area contributed by atoms with E-state index in [4.69, 9.17) is 4.74 Å². The number of nitrogens with zero attached hydrogens (tertiary/aromatic N) is 1. The number of para-hydroxylation sites is 1. The molecule has 2 aromatic rings. The van der Waals surface area contributed by atoms with E-state index in [1.807, 2.05) is 0 Å². The van der Waals surface area contributed by atoms with Crippen molar-refractivity contribution in [2.45, 2.75) is 6.18 Å². The van der Waals surface area contributed by atoms with Gasteiger partial charge in [0.05, 0.1) is 30.6 Å². The van der Waals surface area contributed by atoms with E-state index in [2.05, 4.69) is 5.32 Å². The highest BCUT2D eigenvalue weighted by Crippen LogP contribution is 2.39. The molecule has 0 spiro atoms. The smallest absolute Gasteiger partial charge is 0.416 e. The zero-order valence-corrected chi connectivity index (χ0v) is 12.3. The number of carbonyl (C=O) groups is 1. The molecule has 8 heteroatoms. The van der Waals surface area contributed by atoms with Crippen molar-refractivity contribution in [1.29, 1.82) is 0 Å². The lowest BCUT2D eigenvalue weighted by Crippen LogP contribution is -2.38. The molecule has 2 aromatic carbocycles. The van der Waals surface area contributed by atoms with Crippen molar-refractivity contribution in [3.63, 3.8) is 0 Å². The molecular formula is C16H11F4N2O2. The average molecular weight is 339 g/mol. The van der Waals surface area contributed by atoms with Gasteiger partial charge in [0, 0.05) is 5.56 Å². The molecule has 0 aliphatic carbocycles. The van der Waals surface area contributed by atoms with Crippen molar-refractivity contribution >= 4 is 17.4 Å². The molecule has 0 saturated carbocycles. The maximum absolute atomic E-state index is 13.7. The quantitative estimate of drug-likeness (QED) is 0.823. The van der Waals surface area contributed by atoms with Gasteiger partial charge in [0.1, 0.15) is 11.6 Å². The zero-order valence-electron chi connectivity index (χ0n) is 12.3. The van der Waals surface area contributed by atoms with Crippen molar-refractivity contribution in [2.24, 2.45) is 0 Å². The molecule has 1 N–H and O–H groups in total. The lowest BCUT2D eigenvalue weighted by molar-refractivity contribution is -0.137. The Bertz CT molecular complexity index is 805. The lowest BCUT2D eigenvalue weighted by atomic mass is 10.1. The summed E-state index contributed by atoms with van der Waals surface area (Å²) < 4.78 is 57.6. The van der Waals surface area contributed by atoms with Crippen molar-refractivity contribution in [3.05, 3.63) is 59.9 Å². The molecule has 3 rings (SSSR count). The van der Waals surface area contributed by atoms with E-state index in [0.29, 0.717) is 5.56 Å². The van der Waals surface area contributed by atoms with Gasteiger partial charge in [0.2, 0.25) is 0 Å². The predicted molar refractivity (Wildman–Crippen MR) is 79.3 cm³/mol. The maximum Gasteiger partial charge on any atom is 0.416 e. The van der Waals surface area contributed by atoms with Gasteiger partial charge in [-0.25, -0.2) is 9.18 Å². The summed E-state index contributed by atoms with van der Waals surface area (Å²) in [5, 5.41) is 2.33. The molecule has 1 aliphatic heterocycles. The monoisotopic (exact) mass is 339 g/mol. The first-order chi connectivity index (χ1) is 11.3. The fourth-order valence-electron chi connectivity index (χ4n) is 2.38. The van der Waals surface area contributed by atoms with E-state index in [0.717, 1.165) is 23.1 Å². The Morgan fingerprint density at radius 2 is 1.92 bits per heavy atom. The fourth-order valence-corrected chi connectivity index (χ4v) is 2.38. The average Bonchev–Trinajstić information content (AvgIpc) is 2.54. The molecule has 0 atom stereocenters. The van der Waals surface area contributed by atoms with Crippen LogP contribution in [0.3, 0.4) is 0 Å². The third kappa shape index (κ3) is 2.75. The van der Waals surface area contributed by atoms with Gasteiger partial charge in [-0.05, 0) is 24.3 Å². The number of hydrogen-bond donors (Lipinski definition) is 1. The molecule has 24 heavy (non-hydrogen) atoms. The minimum Gasteiger partial charge on any atom is -0.495 e. The Balaban J connectivity index is 2.07. The predicted octanol–water partition coefficient (Wildman–Crippen LogP) is 4.42. The number of anilines is 2. The van der Waals surface area contributed by atoms with Crippen LogP contribution in [0.25, 0.3) is 0 Å². The van der Waals surface area contributed by atoms with Gasteiger partial charge >= 0.3 is 12.2 Å². The molecule has 125 valence electrons. The van der Waals surface area contributed by atoms with Crippen molar-refractivity contribution in [1.82, 2.24) is 0 Å². The first kappa shape index (κ1) is 16.1. The summed E-state index contributed by atoms with van der Waals surface area (Å²) in [6.45, 7) is 1.26. The molecule has 1 heterocycles. The number of fused-ring (bicyclic) bond motifs is 1. The molecule has 0 bridgehead atoms. The summed E-state index contributed by atoms with van der Waals surface area (Å²) in [7, 11) is 1.28. The van der Waals surface area contributed by atoms with Gasteiger partial charge in [-0.2, -0.15) is 13.2 Å². The summed E-state index contributed by atoms with van der Waals surface area (Å²) >= 11 is 0. The van der Waals surface area contributed by atoms with Crippen LogP contribution in [0.5, 0.6) is 5.75 Å². The van der Waals surface area contributed by atoms with Gasteiger partial charge in [-0.1, -0.05) is 12.1 Å². The molecule has 4 nitrogen and oxygen atoms in total. The Kier molecular flexibility index (Phi) is 3.82. The number of halogens is 4. The standard InChI is InChI=1S/C16H11F4N2O2/c1-24-13-6-5-10(16(18,19)20)7-12(13)22-8-9-3-2-4-11(17)14(9)21-15(22)23/h2-8H,1H3,(H,21,23). The Morgan fingerprint density at radius 1 is 1.17 bits per heavy atom. The van der Waals surface area contributed by atoms with Gasteiger partial charge in [0.25, 0.3) is 0 Å². The minimum atomic E-state index is -4.57. The molecule has 0 unspecified atom stereocenters. The molecule has 0 saturated heterocycles. The van der Waals surface area contributed by atoms with Crippen molar-refractivity contribution < 1.29 is 27.1 Å². The maximum atomic E-state index is 13.7. The summed E-state index contributed by atoms with van der Waals surface area (Å²) in [6, 6.07) is 6.14. The molecular weight excluding hydrogens is 328 g/mol. The second-order valence-electron chi connectivity index (χ2n) is 5.02. The van der Waals surface area contributed by atoms with E-state index in [-0.39, 0.29) is 17.1 Å². The third-order valence-electron chi connectivity index (χ3n) is 3.53. The number of carbonyl (C=O) groups excluding carboxylic acids is 1. The summed E-state index contributed by atoms with van der Waals surface area (Å²) in [4.78, 5) is 13.2. The van der Waals surface area contributed by atoms with E-state index in [9.17, 15) is 22.4 Å². The number of benzene rings is 2. The van der Waals surface area contributed by atoms with Gasteiger partial charge in [0.15, 0.2) is 0 Å². The Labute approximate surface area is 134 Å². The SMILES string of the molecule is COc1ccc(C(F)(F)F)cc1N1[CH]c2cccc(F)c2NC1=O. The van der Waals surface area contributed by atoms with Crippen LogP contribution in [0.4, 0.5) is 33.7 Å². The van der Waals surface area contributed by atoms with Gasteiger partial charge in [-0.15, -0.1) is 0 Å². The van der Waals surface area contributed by atoms with Crippen LogP contribution in [0, 0.1) is 12.4 Å². The van der Waals surface area contributed by atoms with E-state index in [1.165, 1.54) is 31.9 Å². The van der Waals surface area contributed by atoms with Crippen molar-refractivity contribution in [2.75, 3.05) is 17.3 Å². The summed E-state index contributed by atoms with van der Waals surface area (Å²) in [5.74, 6) is -0.554. The van der Waals surface area contributed by atoms with Crippen LogP contribution in [0.15, 0.2) is 36.4 Å². The van der Waals surface area contributed by atoms with Crippen LogP contribution in [-0.4, -0.2) is 13.1 Å². The minimum absolute atomic E-state index is 0.0234. The lowest BCUT2D eigenvalue weighted by Gasteiger charge is -2.30. The van der Waals surface area contributed by atoms with Crippen LogP contribution >= 0.6 is 0 Å². The molecule has 0 aromatic heterocycles. The highest BCUT2D eigenvalue weighted by Gasteiger charge is 2.34. The van der Waals surface area contributed by atoms with Crippen LogP contribution < -0.4 is 15.0 Å². The van der Waals surface area contributed by atoms with E-state index in [1.54, 1.807) is 0 Å². The molecule has 1 radical (unpaired) electrons. The highest BCUT2D eigenvalue weighted by atomic mass is 19.4. The normalized spacial score (nSPS) is 14.2. The summed E-state index contributed by atoms with van der Waals surface area (Å²) in [6.07, 6.45) is -4.57. The topological polar surface area (TPSA) is 41.6 Å². The van der Waals surface area contributed by atoms with Gasteiger partial charge < -0.3 is 10.1 Å². The van der Waals surface area contributed by atoms with Crippen LogP contribution in [-0.2, 0) is 6.18 Å². The van der Waals surface area contributed by atoms with E-state index < -0.39 is 23.6 Å². The second-order valence-corrected chi connectivity index (χ2v) is 5.02. The fraction of sp³-hybridized carbons (Fsp3) is 0.125. The number of hydrogen-bond acceptors (Lipinski definition) is 2. The largest absolute Gasteiger partial charge is 0.495 e. The number of alkyl halides is 3. The Hall–Kier alpha value is -2.77. The molecule has 0 fully saturated rings. The van der Waals surface area contributed by atoms with Crippen LogP contribution in [0.1, 0.15) is 11.1 Å². The summed E-state index contributed by atoms with van der Waals surface area (Å²) in [5.41, 5.74) is -0.719. The third-order valence-corrected chi connectivity index (χ3v) is 3.53. The number of rotatable bonds is 2. The molecule has 1 aliphatic rings. The van der Waals surface area contributed by atoms with Crippen molar-refractivity contribution in [3.8, 4) is 5.75 Å². The first-order valence-electron chi connectivity index (χ1n) is 6.80. The number of ether oxygens (including phenoxy) is 1. The number of methoxy groups -OCH3 is 1. The molecule has 2 amide bonds. The number of amides is 2. The zero-order chi connectivity index (χ0) is 17.5. The van der Waals surface area contributed by atoms with Crippen LogP contribution in [0.2, 0.25) is 0 Å². The second kappa shape index (κ2) is 5.70. The highest BCUT2D eigenvalue weighted by molar-refractivity contribution is 6.07. The van der Waals surface area contributed by atoms with E-state index >= 15 is 0 Å². The van der Waals surface area contributed by atoms with Gasteiger partial charge in [-0.3, -0.25) is 4.90 Å². The Morgan fingerprint density at radius 3 is 2.58 bits per heavy atom. The first-order valence-corrected chi connectivity index (χ1v) is 6.80.